The van der Waals surface area contributed by atoms with Gasteiger partial charge in [0.2, 0.25) is 0 Å². The Morgan fingerprint density at radius 1 is 1.56 bits per heavy atom. The van der Waals surface area contributed by atoms with E-state index in [1.165, 1.54) is 13.4 Å². The van der Waals surface area contributed by atoms with E-state index in [1.807, 2.05) is 0 Å². The quantitative estimate of drug-likeness (QED) is 0.692. The topological polar surface area (TPSA) is 116 Å². The van der Waals surface area contributed by atoms with Crippen LogP contribution in [0.2, 0.25) is 0 Å². The van der Waals surface area contributed by atoms with Gasteiger partial charge in [-0.15, -0.1) is 0 Å². The molecule has 8 heteroatoms. The van der Waals surface area contributed by atoms with Gasteiger partial charge in [0, 0.05) is 13.0 Å². The number of ether oxygens (including phenoxy) is 1. The summed E-state index contributed by atoms with van der Waals surface area (Å²) in [5.41, 5.74) is 6.72. The highest BCUT2D eigenvalue weighted by Crippen LogP contribution is 2.14. The fourth-order valence-corrected chi connectivity index (χ4v) is 1.58. The Kier molecular flexibility index (Phi) is 3.38. The molecule has 2 rings (SSSR count). The number of imidazole rings is 1. The summed E-state index contributed by atoms with van der Waals surface area (Å²) in [5.74, 6) is -0.360. The first-order valence-corrected chi connectivity index (χ1v) is 5.30. The fraction of sp³-hybridized carbons (Fsp3) is 0.400. The van der Waals surface area contributed by atoms with Gasteiger partial charge in [0.15, 0.2) is 17.6 Å². The molecule has 0 aliphatic carbocycles. The van der Waals surface area contributed by atoms with Gasteiger partial charge in [0.05, 0.1) is 13.4 Å². The molecule has 3 N–H and O–H groups in total. The SMILES string of the molecule is COC(=O)C(O)CCn1cnc2c(N)ncnc21. The van der Waals surface area contributed by atoms with Gasteiger partial charge < -0.3 is 20.1 Å². The minimum Gasteiger partial charge on any atom is -0.467 e. The Morgan fingerprint density at radius 3 is 3.06 bits per heavy atom. The molecule has 0 bridgehead atoms. The average molecular weight is 251 g/mol. The molecule has 0 aromatic carbocycles. The standard InChI is InChI=1S/C10H13N5O3/c1-18-10(17)6(16)2-3-15-5-14-7-8(11)12-4-13-9(7)15/h4-6,16H,2-3H2,1H3,(H2,11,12,13). The third-order valence-electron chi connectivity index (χ3n) is 2.55. The maximum atomic E-state index is 11.0. The summed E-state index contributed by atoms with van der Waals surface area (Å²) in [6.07, 6.45) is 1.93. The fourth-order valence-electron chi connectivity index (χ4n) is 1.58. The van der Waals surface area contributed by atoms with Crippen molar-refractivity contribution in [2.24, 2.45) is 0 Å². The number of nitrogens with zero attached hydrogens (tertiary/aromatic N) is 4. The lowest BCUT2D eigenvalue weighted by molar-refractivity contribution is -0.150. The molecule has 0 aliphatic rings. The third kappa shape index (κ3) is 2.23. The molecule has 1 atom stereocenters. The van der Waals surface area contributed by atoms with E-state index in [4.69, 9.17) is 5.73 Å². The van der Waals surface area contributed by atoms with Gasteiger partial charge in [0.25, 0.3) is 0 Å². The zero-order chi connectivity index (χ0) is 13.1. The summed E-state index contributed by atoms with van der Waals surface area (Å²) in [7, 11) is 1.23. The maximum Gasteiger partial charge on any atom is 0.334 e. The van der Waals surface area contributed by atoms with Gasteiger partial charge in [-0.25, -0.2) is 19.7 Å². The second kappa shape index (κ2) is 4.96. The third-order valence-corrected chi connectivity index (χ3v) is 2.55. The number of aryl methyl sites for hydroxylation is 1. The highest BCUT2D eigenvalue weighted by atomic mass is 16.5. The van der Waals surface area contributed by atoms with E-state index in [1.54, 1.807) is 10.9 Å². The van der Waals surface area contributed by atoms with E-state index in [2.05, 4.69) is 19.7 Å². The molecule has 2 aromatic heterocycles. The van der Waals surface area contributed by atoms with Crippen LogP contribution in [-0.2, 0) is 16.1 Å². The van der Waals surface area contributed by atoms with Crippen molar-refractivity contribution in [3.05, 3.63) is 12.7 Å². The van der Waals surface area contributed by atoms with E-state index in [-0.39, 0.29) is 6.42 Å². The molecule has 0 aliphatic heterocycles. The predicted molar refractivity (Wildman–Crippen MR) is 62.4 cm³/mol. The molecule has 2 heterocycles. The van der Waals surface area contributed by atoms with Gasteiger partial charge in [-0.05, 0) is 0 Å². The minimum atomic E-state index is -1.16. The van der Waals surface area contributed by atoms with E-state index in [9.17, 15) is 9.90 Å². The summed E-state index contributed by atoms with van der Waals surface area (Å²) < 4.78 is 6.12. The van der Waals surface area contributed by atoms with Crippen LogP contribution in [0, 0.1) is 0 Å². The van der Waals surface area contributed by atoms with Crippen molar-refractivity contribution in [3.63, 3.8) is 0 Å². The van der Waals surface area contributed by atoms with Crippen LogP contribution < -0.4 is 5.73 Å². The Morgan fingerprint density at radius 2 is 2.33 bits per heavy atom. The van der Waals surface area contributed by atoms with Gasteiger partial charge >= 0.3 is 5.97 Å². The number of nitrogens with two attached hydrogens (primary N) is 1. The Hall–Kier alpha value is -2.22. The van der Waals surface area contributed by atoms with E-state index < -0.39 is 12.1 Å². The highest BCUT2D eigenvalue weighted by Gasteiger charge is 2.16. The van der Waals surface area contributed by atoms with Crippen LogP contribution in [0.4, 0.5) is 5.82 Å². The number of fused-ring (bicyclic) bond motifs is 1. The van der Waals surface area contributed by atoms with Crippen molar-refractivity contribution in [1.82, 2.24) is 19.5 Å². The summed E-state index contributed by atoms with van der Waals surface area (Å²) >= 11 is 0. The number of aliphatic hydroxyl groups excluding tert-OH is 1. The molecule has 96 valence electrons. The lowest BCUT2D eigenvalue weighted by Crippen LogP contribution is -2.23. The molecule has 0 radical (unpaired) electrons. The minimum absolute atomic E-state index is 0.210. The highest BCUT2D eigenvalue weighted by molar-refractivity contribution is 5.81. The Labute approximate surface area is 102 Å². The van der Waals surface area contributed by atoms with Crippen LogP contribution in [0.3, 0.4) is 0 Å². The first-order valence-electron chi connectivity index (χ1n) is 5.30. The van der Waals surface area contributed by atoms with Crippen LogP contribution in [0.1, 0.15) is 6.42 Å². The van der Waals surface area contributed by atoms with Crippen molar-refractivity contribution in [2.45, 2.75) is 19.1 Å². The molecule has 1 unspecified atom stereocenters. The van der Waals surface area contributed by atoms with Gasteiger partial charge in [-0.3, -0.25) is 0 Å². The number of aliphatic hydroxyl groups is 1. The summed E-state index contributed by atoms with van der Waals surface area (Å²) in [5, 5.41) is 9.48. The van der Waals surface area contributed by atoms with Gasteiger partial charge in [0.1, 0.15) is 11.8 Å². The summed E-state index contributed by atoms with van der Waals surface area (Å²) in [6.45, 7) is 0.378. The molecule has 8 nitrogen and oxygen atoms in total. The maximum absolute atomic E-state index is 11.0. The molecule has 0 amide bonds. The van der Waals surface area contributed by atoms with Crippen LogP contribution in [0.5, 0.6) is 0 Å². The number of hydrogen-bond acceptors (Lipinski definition) is 7. The lowest BCUT2D eigenvalue weighted by atomic mass is 10.2. The number of carbonyl (C=O) groups is 1. The summed E-state index contributed by atoms with van der Waals surface area (Å²) in [6, 6.07) is 0. The van der Waals surface area contributed by atoms with Gasteiger partial charge in [-0.2, -0.15) is 0 Å². The van der Waals surface area contributed by atoms with Crippen molar-refractivity contribution in [3.8, 4) is 0 Å². The number of methoxy groups -OCH3 is 1. The predicted octanol–water partition coefficient (Wildman–Crippen LogP) is -0.668. The van der Waals surface area contributed by atoms with Crippen LogP contribution in [0.15, 0.2) is 12.7 Å². The van der Waals surface area contributed by atoms with Crippen molar-refractivity contribution < 1.29 is 14.6 Å². The molecular weight excluding hydrogens is 238 g/mol. The molecule has 0 spiro atoms. The summed E-state index contributed by atoms with van der Waals surface area (Å²) in [4.78, 5) is 23.0. The normalized spacial score (nSPS) is 12.6. The Bertz CT molecular complexity index is 568. The lowest BCUT2D eigenvalue weighted by Gasteiger charge is -2.08. The molecule has 0 saturated carbocycles. The van der Waals surface area contributed by atoms with Crippen LogP contribution in [-0.4, -0.2) is 43.8 Å². The smallest absolute Gasteiger partial charge is 0.334 e. The first-order chi connectivity index (χ1) is 8.63. The first kappa shape index (κ1) is 12.2. The van der Waals surface area contributed by atoms with Gasteiger partial charge in [-0.1, -0.05) is 0 Å². The number of hydrogen-bond donors (Lipinski definition) is 2. The molecule has 2 aromatic rings. The number of aromatic nitrogens is 4. The van der Waals surface area contributed by atoms with Crippen molar-refractivity contribution >= 4 is 23.0 Å². The zero-order valence-corrected chi connectivity index (χ0v) is 9.78. The number of esters is 1. The van der Waals surface area contributed by atoms with Crippen molar-refractivity contribution in [2.75, 3.05) is 12.8 Å². The number of carbonyl (C=O) groups excluding carboxylic acids is 1. The van der Waals surface area contributed by atoms with Crippen LogP contribution >= 0.6 is 0 Å². The van der Waals surface area contributed by atoms with Crippen molar-refractivity contribution in [1.29, 1.82) is 0 Å². The molecule has 0 fully saturated rings. The van der Waals surface area contributed by atoms with E-state index in [0.29, 0.717) is 23.5 Å². The van der Waals surface area contributed by atoms with E-state index >= 15 is 0 Å². The Balaban J connectivity index is 2.13. The molecule has 18 heavy (non-hydrogen) atoms. The molecular formula is C10H13N5O3. The zero-order valence-electron chi connectivity index (χ0n) is 9.78. The number of rotatable bonds is 4. The second-order valence-corrected chi connectivity index (χ2v) is 3.70. The second-order valence-electron chi connectivity index (χ2n) is 3.70. The number of anilines is 1. The molecule has 0 saturated heterocycles. The average Bonchev–Trinajstić information content (AvgIpc) is 2.79. The largest absolute Gasteiger partial charge is 0.467 e. The number of nitrogen functional groups attached to an aromatic ring is 1. The van der Waals surface area contributed by atoms with E-state index in [0.717, 1.165) is 0 Å². The van der Waals surface area contributed by atoms with Crippen LogP contribution in [0.25, 0.3) is 11.2 Å². The monoisotopic (exact) mass is 251 g/mol.